The van der Waals surface area contributed by atoms with E-state index < -0.39 is 15.8 Å². The highest BCUT2D eigenvalue weighted by Crippen LogP contribution is 2.24. The van der Waals surface area contributed by atoms with E-state index >= 15 is 0 Å². The first-order valence-electron chi connectivity index (χ1n) is 8.60. The van der Waals surface area contributed by atoms with Gasteiger partial charge in [-0.15, -0.1) is 11.3 Å². The first-order valence-corrected chi connectivity index (χ1v) is 10.9. The minimum atomic E-state index is -3.79. The second-order valence-electron chi connectivity index (χ2n) is 6.54. The van der Waals surface area contributed by atoms with Crippen LogP contribution in [0, 0.1) is 5.82 Å². The third kappa shape index (κ3) is 4.80. The van der Waals surface area contributed by atoms with Crippen LogP contribution in [0.1, 0.15) is 36.0 Å². The molecule has 0 aliphatic heterocycles. The molecule has 0 bridgehead atoms. The summed E-state index contributed by atoms with van der Waals surface area (Å²) < 4.78 is 41.0. The Morgan fingerprint density at radius 2 is 1.70 bits per heavy atom. The predicted molar refractivity (Wildman–Crippen MR) is 105 cm³/mol. The van der Waals surface area contributed by atoms with Crippen LogP contribution in [0.4, 0.5) is 4.39 Å². The van der Waals surface area contributed by atoms with E-state index in [4.69, 9.17) is 0 Å². The summed E-state index contributed by atoms with van der Waals surface area (Å²) in [5.74, 6) is -0.176. The Hall–Kier alpha value is -2.09. The second kappa shape index (κ2) is 8.29. The molecule has 0 unspecified atom stereocenters. The molecule has 0 N–H and O–H groups in total. The lowest BCUT2D eigenvalue weighted by molar-refractivity contribution is 0.397. The minimum absolute atomic E-state index is 0.0687. The summed E-state index contributed by atoms with van der Waals surface area (Å²) in [7, 11) is -3.79. The minimum Gasteiger partial charge on any atom is -0.245 e. The van der Waals surface area contributed by atoms with Crippen molar-refractivity contribution in [2.45, 2.75) is 37.8 Å². The molecule has 4 nitrogen and oxygen atoms in total. The van der Waals surface area contributed by atoms with Gasteiger partial charge in [-0.1, -0.05) is 44.2 Å². The standard InChI is InChI=1S/C20H21FN2O2S2/c1-15(2)20-22-18(14-26-20)13-23(12-16-6-4-3-5-7-16)27(24,25)19-10-8-17(21)9-11-19/h3-11,14-15H,12-13H2,1-2H3. The van der Waals surface area contributed by atoms with Crippen molar-refractivity contribution in [2.75, 3.05) is 0 Å². The molecule has 27 heavy (non-hydrogen) atoms. The Balaban J connectivity index is 1.94. The summed E-state index contributed by atoms with van der Waals surface area (Å²) in [5.41, 5.74) is 1.59. The predicted octanol–water partition coefficient (Wildman–Crippen LogP) is 4.80. The average Bonchev–Trinajstić information content (AvgIpc) is 3.11. The number of sulfonamides is 1. The maximum atomic E-state index is 13.2. The molecule has 0 atom stereocenters. The number of thiazole rings is 1. The van der Waals surface area contributed by atoms with Crippen LogP contribution in [0.15, 0.2) is 64.9 Å². The van der Waals surface area contributed by atoms with Gasteiger partial charge < -0.3 is 0 Å². The van der Waals surface area contributed by atoms with Crippen molar-refractivity contribution in [1.82, 2.24) is 9.29 Å². The lowest BCUT2D eigenvalue weighted by Gasteiger charge is -2.21. The topological polar surface area (TPSA) is 50.3 Å². The Labute approximate surface area is 163 Å². The van der Waals surface area contributed by atoms with Gasteiger partial charge in [0.25, 0.3) is 0 Å². The van der Waals surface area contributed by atoms with Crippen molar-refractivity contribution < 1.29 is 12.8 Å². The Kier molecular flexibility index (Phi) is 6.04. The van der Waals surface area contributed by atoms with Crippen molar-refractivity contribution >= 4 is 21.4 Å². The quantitative estimate of drug-likeness (QED) is 0.568. The molecule has 0 amide bonds. The van der Waals surface area contributed by atoms with Crippen molar-refractivity contribution in [1.29, 1.82) is 0 Å². The fourth-order valence-corrected chi connectivity index (χ4v) is 4.84. The highest BCUT2D eigenvalue weighted by atomic mass is 32.2. The van der Waals surface area contributed by atoms with Crippen LogP contribution in [-0.4, -0.2) is 17.7 Å². The van der Waals surface area contributed by atoms with Crippen molar-refractivity contribution in [2.24, 2.45) is 0 Å². The van der Waals surface area contributed by atoms with E-state index in [9.17, 15) is 12.8 Å². The van der Waals surface area contributed by atoms with Gasteiger partial charge in [-0.05, 0) is 29.8 Å². The number of halogens is 1. The molecule has 3 rings (SSSR count). The zero-order valence-corrected chi connectivity index (χ0v) is 16.8. The molecular formula is C20H21FN2O2S2. The first kappa shape index (κ1) is 19.7. The lowest BCUT2D eigenvalue weighted by Crippen LogP contribution is -2.30. The van der Waals surface area contributed by atoms with Gasteiger partial charge in [0.05, 0.1) is 22.1 Å². The van der Waals surface area contributed by atoms with Gasteiger partial charge in [0, 0.05) is 17.8 Å². The molecule has 0 radical (unpaired) electrons. The largest absolute Gasteiger partial charge is 0.245 e. The van der Waals surface area contributed by atoms with Gasteiger partial charge >= 0.3 is 0 Å². The van der Waals surface area contributed by atoms with Gasteiger partial charge in [0.2, 0.25) is 10.0 Å². The van der Waals surface area contributed by atoms with E-state index in [1.807, 2.05) is 35.7 Å². The zero-order chi connectivity index (χ0) is 19.4. The molecule has 0 fully saturated rings. The SMILES string of the molecule is CC(C)c1nc(CN(Cc2ccccc2)S(=O)(=O)c2ccc(F)cc2)cs1. The summed E-state index contributed by atoms with van der Waals surface area (Å²) in [6.07, 6.45) is 0. The fraction of sp³-hybridized carbons (Fsp3) is 0.250. The lowest BCUT2D eigenvalue weighted by atomic mass is 10.2. The molecule has 0 aliphatic rings. The van der Waals surface area contributed by atoms with Crippen LogP contribution in [0.2, 0.25) is 0 Å². The monoisotopic (exact) mass is 404 g/mol. The van der Waals surface area contributed by atoms with Crippen LogP contribution in [0.5, 0.6) is 0 Å². The van der Waals surface area contributed by atoms with Gasteiger partial charge in [0.15, 0.2) is 0 Å². The van der Waals surface area contributed by atoms with E-state index in [1.165, 1.54) is 27.8 Å². The summed E-state index contributed by atoms with van der Waals surface area (Å²) >= 11 is 1.53. The van der Waals surface area contributed by atoms with Gasteiger partial charge in [0.1, 0.15) is 5.82 Å². The summed E-state index contributed by atoms with van der Waals surface area (Å²) in [6.45, 7) is 4.49. The molecule has 2 aromatic carbocycles. The molecule has 1 heterocycles. The molecule has 0 saturated carbocycles. The third-order valence-corrected chi connectivity index (χ3v) is 7.05. The summed E-state index contributed by atoms with van der Waals surface area (Å²) in [4.78, 5) is 4.63. The summed E-state index contributed by atoms with van der Waals surface area (Å²) in [5, 5.41) is 2.87. The molecule has 0 aliphatic carbocycles. The highest BCUT2D eigenvalue weighted by Gasteiger charge is 2.26. The number of aromatic nitrogens is 1. The number of hydrogen-bond donors (Lipinski definition) is 0. The van der Waals surface area contributed by atoms with Crippen LogP contribution >= 0.6 is 11.3 Å². The second-order valence-corrected chi connectivity index (χ2v) is 9.37. The van der Waals surface area contributed by atoms with Crippen molar-refractivity contribution in [3.8, 4) is 0 Å². The fourth-order valence-electron chi connectivity index (χ4n) is 2.61. The van der Waals surface area contributed by atoms with Gasteiger partial charge in [-0.25, -0.2) is 17.8 Å². The molecule has 0 spiro atoms. The summed E-state index contributed by atoms with van der Waals surface area (Å²) in [6, 6.07) is 14.3. The maximum Gasteiger partial charge on any atom is 0.243 e. The van der Waals surface area contributed by atoms with Crippen molar-refractivity contribution in [3.05, 3.63) is 82.1 Å². The smallest absolute Gasteiger partial charge is 0.243 e. The first-order chi connectivity index (χ1) is 12.9. The molecule has 142 valence electrons. The highest BCUT2D eigenvalue weighted by molar-refractivity contribution is 7.89. The Bertz CT molecular complexity index is 984. The molecular weight excluding hydrogens is 383 g/mol. The maximum absolute atomic E-state index is 13.2. The Morgan fingerprint density at radius 3 is 2.30 bits per heavy atom. The van der Waals surface area contributed by atoms with Crippen LogP contribution in [-0.2, 0) is 23.1 Å². The van der Waals surface area contributed by atoms with Crippen LogP contribution in [0.3, 0.4) is 0 Å². The van der Waals surface area contributed by atoms with E-state index in [1.54, 1.807) is 0 Å². The number of hydrogen-bond acceptors (Lipinski definition) is 4. The van der Waals surface area contributed by atoms with Crippen LogP contribution < -0.4 is 0 Å². The van der Waals surface area contributed by atoms with Gasteiger partial charge in [-0.3, -0.25) is 0 Å². The van der Waals surface area contributed by atoms with E-state index in [0.29, 0.717) is 11.6 Å². The normalized spacial score (nSPS) is 12.0. The Morgan fingerprint density at radius 1 is 1.04 bits per heavy atom. The van der Waals surface area contributed by atoms with Crippen LogP contribution in [0.25, 0.3) is 0 Å². The number of benzene rings is 2. The van der Waals surface area contributed by atoms with Crippen molar-refractivity contribution in [3.63, 3.8) is 0 Å². The van der Waals surface area contributed by atoms with Gasteiger partial charge in [-0.2, -0.15) is 4.31 Å². The third-order valence-electron chi connectivity index (χ3n) is 4.05. The molecule has 1 aromatic heterocycles. The van der Waals surface area contributed by atoms with E-state index in [-0.39, 0.29) is 18.0 Å². The zero-order valence-electron chi connectivity index (χ0n) is 15.2. The average molecular weight is 405 g/mol. The molecule has 7 heteroatoms. The van der Waals surface area contributed by atoms with E-state index in [2.05, 4.69) is 18.8 Å². The van der Waals surface area contributed by atoms with E-state index in [0.717, 1.165) is 22.7 Å². The molecule has 0 saturated heterocycles. The molecule has 3 aromatic rings. The number of nitrogens with zero attached hydrogens (tertiary/aromatic N) is 2. The number of rotatable bonds is 7.